The summed E-state index contributed by atoms with van der Waals surface area (Å²) in [5.41, 5.74) is 1.16. The minimum atomic E-state index is -3.72. The zero-order chi connectivity index (χ0) is 17.0. The molecule has 0 heterocycles. The molecule has 0 radical (unpaired) electrons. The van der Waals surface area contributed by atoms with Crippen LogP contribution in [0.4, 0.5) is 5.69 Å². The Hall–Kier alpha value is -2.22. The highest BCUT2D eigenvalue weighted by Gasteiger charge is 2.21. The number of amides is 1. The molecule has 0 saturated carbocycles. The quantitative estimate of drug-likeness (QED) is 0.786. The van der Waals surface area contributed by atoms with Gasteiger partial charge < -0.3 is 4.90 Å². The summed E-state index contributed by atoms with van der Waals surface area (Å²) >= 11 is 0. The lowest BCUT2D eigenvalue weighted by Crippen LogP contribution is -2.27. The molecule has 6 nitrogen and oxygen atoms in total. The van der Waals surface area contributed by atoms with Crippen LogP contribution < -0.4 is 4.90 Å². The fourth-order valence-corrected chi connectivity index (χ4v) is 2.95. The summed E-state index contributed by atoms with van der Waals surface area (Å²) < 4.78 is 25.0. The van der Waals surface area contributed by atoms with Gasteiger partial charge in [0.25, 0.3) is 15.9 Å². The predicted octanol–water partition coefficient (Wildman–Crippen LogP) is 2.15. The van der Waals surface area contributed by atoms with Crippen molar-refractivity contribution in [3.8, 4) is 0 Å². The van der Waals surface area contributed by atoms with Gasteiger partial charge in [-0.2, -0.15) is 0 Å². The summed E-state index contributed by atoms with van der Waals surface area (Å²) in [4.78, 5) is 18.7. The maximum absolute atomic E-state index is 12.4. The average molecular weight is 334 g/mol. The van der Waals surface area contributed by atoms with Crippen molar-refractivity contribution in [1.82, 2.24) is 4.47 Å². The lowest BCUT2D eigenvalue weighted by molar-refractivity contribution is -0.0258. The number of carbonyl (C=O) groups excluding carboxylic acids is 1. The number of hydrogen-bond donors (Lipinski definition) is 0. The van der Waals surface area contributed by atoms with E-state index in [1.54, 1.807) is 7.05 Å². The van der Waals surface area contributed by atoms with Gasteiger partial charge in [0.15, 0.2) is 0 Å². The number of sulfonamides is 1. The van der Waals surface area contributed by atoms with E-state index in [0.29, 0.717) is 5.56 Å². The van der Waals surface area contributed by atoms with Crippen LogP contribution in [-0.2, 0) is 14.9 Å². The van der Waals surface area contributed by atoms with Crippen LogP contribution in [0.5, 0.6) is 0 Å². The molecule has 0 atom stereocenters. The molecular formula is C16H18N2O4S. The number of carbonyl (C=O) groups is 1. The fourth-order valence-electron chi connectivity index (χ4n) is 1.98. The van der Waals surface area contributed by atoms with Crippen molar-refractivity contribution in [2.45, 2.75) is 4.90 Å². The number of hydroxylamine groups is 1. The van der Waals surface area contributed by atoms with Crippen LogP contribution in [0.15, 0.2) is 59.5 Å². The van der Waals surface area contributed by atoms with Crippen molar-refractivity contribution < 1.29 is 18.0 Å². The lowest BCUT2D eigenvalue weighted by Gasteiger charge is -2.18. The van der Waals surface area contributed by atoms with Gasteiger partial charge in [-0.3, -0.25) is 9.63 Å². The summed E-state index contributed by atoms with van der Waals surface area (Å²) in [6.45, 7) is 0. The Balaban J connectivity index is 2.25. The average Bonchev–Trinajstić information content (AvgIpc) is 2.60. The van der Waals surface area contributed by atoms with Crippen LogP contribution in [0.25, 0.3) is 0 Å². The molecule has 2 rings (SSSR count). The molecular weight excluding hydrogens is 316 g/mol. The Kier molecular flexibility index (Phi) is 5.15. The minimum absolute atomic E-state index is 0.0563. The van der Waals surface area contributed by atoms with Crippen LogP contribution in [0.3, 0.4) is 0 Å². The van der Waals surface area contributed by atoms with Gasteiger partial charge in [0.05, 0.1) is 12.0 Å². The molecule has 0 N–H and O–H groups in total. The van der Waals surface area contributed by atoms with Gasteiger partial charge in [0.2, 0.25) is 0 Å². The fraction of sp³-hybridized carbons (Fsp3) is 0.188. The molecule has 0 aliphatic carbocycles. The van der Waals surface area contributed by atoms with Gasteiger partial charge in [-0.15, -0.1) is 0 Å². The zero-order valence-corrected chi connectivity index (χ0v) is 13.9. The van der Waals surface area contributed by atoms with Crippen LogP contribution >= 0.6 is 0 Å². The van der Waals surface area contributed by atoms with Crippen molar-refractivity contribution in [2.75, 3.05) is 26.1 Å². The number of rotatable bonds is 5. The van der Waals surface area contributed by atoms with Gasteiger partial charge in [-0.05, 0) is 36.4 Å². The Morgan fingerprint density at radius 3 is 2.04 bits per heavy atom. The molecule has 0 unspecified atom stereocenters. The Morgan fingerprint density at radius 1 is 0.957 bits per heavy atom. The van der Waals surface area contributed by atoms with E-state index in [9.17, 15) is 13.2 Å². The van der Waals surface area contributed by atoms with Gasteiger partial charge in [-0.1, -0.05) is 22.7 Å². The van der Waals surface area contributed by atoms with E-state index in [0.717, 1.165) is 10.2 Å². The van der Waals surface area contributed by atoms with E-state index >= 15 is 0 Å². The molecule has 2 aromatic carbocycles. The maximum Gasteiger partial charge on any atom is 0.264 e. The van der Waals surface area contributed by atoms with Gasteiger partial charge in [0, 0.05) is 25.3 Å². The second-order valence-electron chi connectivity index (χ2n) is 4.82. The SMILES string of the molecule is CON(C)S(=O)(=O)c1ccc(C(=O)N(C)c2ccccc2)cc1. The first kappa shape index (κ1) is 17.1. The molecule has 0 saturated heterocycles. The Labute approximate surface area is 135 Å². The topological polar surface area (TPSA) is 66.9 Å². The number of para-hydroxylation sites is 1. The molecule has 0 aliphatic rings. The van der Waals surface area contributed by atoms with E-state index in [-0.39, 0.29) is 10.8 Å². The normalized spacial score (nSPS) is 11.5. The van der Waals surface area contributed by atoms with Gasteiger partial charge in [-0.25, -0.2) is 8.42 Å². The molecule has 0 fully saturated rings. The molecule has 7 heteroatoms. The number of anilines is 1. The van der Waals surface area contributed by atoms with Crippen molar-refractivity contribution in [2.24, 2.45) is 0 Å². The minimum Gasteiger partial charge on any atom is -0.311 e. The highest BCUT2D eigenvalue weighted by molar-refractivity contribution is 7.89. The highest BCUT2D eigenvalue weighted by Crippen LogP contribution is 2.18. The number of benzene rings is 2. The third kappa shape index (κ3) is 3.58. The van der Waals surface area contributed by atoms with Crippen LogP contribution in [0, 0.1) is 0 Å². The van der Waals surface area contributed by atoms with Crippen LogP contribution in [0.2, 0.25) is 0 Å². The summed E-state index contributed by atoms with van der Waals surface area (Å²) in [5, 5.41) is 0. The van der Waals surface area contributed by atoms with Gasteiger partial charge >= 0.3 is 0 Å². The maximum atomic E-state index is 12.4. The largest absolute Gasteiger partial charge is 0.311 e. The standard InChI is InChI=1S/C16H18N2O4S/c1-17(14-7-5-4-6-8-14)16(19)13-9-11-15(12-10-13)23(20,21)18(2)22-3/h4-12H,1-3H3. The first-order valence-corrected chi connectivity index (χ1v) is 8.28. The molecule has 0 aliphatic heterocycles. The molecule has 2 aromatic rings. The third-order valence-electron chi connectivity index (χ3n) is 3.44. The summed E-state index contributed by atoms with van der Waals surface area (Å²) in [7, 11) is 0.521. The number of nitrogens with zero attached hydrogens (tertiary/aromatic N) is 2. The van der Waals surface area contributed by atoms with Crippen molar-refractivity contribution >= 4 is 21.6 Å². The lowest BCUT2D eigenvalue weighted by atomic mass is 10.2. The summed E-state index contributed by atoms with van der Waals surface area (Å²) in [6, 6.07) is 14.9. The predicted molar refractivity (Wildman–Crippen MR) is 87.6 cm³/mol. The van der Waals surface area contributed by atoms with Crippen LogP contribution in [-0.4, -0.2) is 40.0 Å². The molecule has 1 amide bonds. The first-order chi connectivity index (χ1) is 10.9. The second-order valence-corrected chi connectivity index (χ2v) is 6.76. The second kappa shape index (κ2) is 6.91. The van der Waals surface area contributed by atoms with Gasteiger partial charge in [0.1, 0.15) is 0 Å². The van der Waals surface area contributed by atoms with Crippen LogP contribution in [0.1, 0.15) is 10.4 Å². The molecule has 0 aromatic heterocycles. The first-order valence-electron chi connectivity index (χ1n) is 6.84. The summed E-state index contributed by atoms with van der Waals surface area (Å²) in [6.07, 6.45) is 0. The van der Waals surface area contributed by atoms with Crippen molar-refractivity contribution in [3.63, 3.8) is 0 Å². The summed E-state index contributed by atoms with van der Waals surface area (Å²) in [5.74, 6) is -0.222. The molecule has 122 valence electrons. The number of hydrogen-bond acceptors (Lipinski definition) is 4. The third-order valence-corrected chi connectivity index (χ3v) is 5.14. The Morgan fingerprint density at radius 2 is 1.52 bits per heavy atom. The highest BCUT2D eigenvalue weighted by atomic mass is 32.2. The van der Waals surface area contributed by atoms with E-state index in [1.165, 1.54) is 43.3 Å². The van der Waals surface area contributed by atoms with Crippen molar-refractivity contribution in [3.05, 3.63) is 60.2 Å². The molecule has 0 bridgehead atoms. The molecule has 23 heavy (non-hydrogen) atoms. The molecule has 0 spiro atoms. The van der Waals surface area contributed by atoms with E-state index in [1.807, 2.05) is 30.3 Å². The Bertz CT molecular complexity index is 773. The monoisotopic (exact) mass is 334 g/mol. The van der Waals surface area contributed by atoms with E-state index in [2.05, 4.69) is 0 Å². The zero-order valence-electron chi connectivity index (χ0n) is 13.1. The van der Waals surface area contributed by atoms with E-state index < -0.39 is 10.0 Å². The van der Waals surface area contributed by atoms with E-state index in [4.69, 9.17) is 4.84 Å². The van der Waals surface area contributed by atoms with Crippen molar-refractivity contribution in [1.29, 1.82) is 0 Å². The smallest absolute Gasteiger partial charge is 0.264 e.